The molecule has 0 saturated heterocycles. The molecule has 1 aliphatic carbocycles. The molecule has 1 saturated carbocycles. The van der Waals surface area contributed by atoms with Gasteiger partial charge in [-0.2, -0.15) is 13.2 Å². The SMILES string of the molecule is Cc1nc(C(F)(F)F)ccc1C(=O)N(Cc1cccs1)C1CC1. The summed E-state index contributed by atoms with van der Waals surface area (Å²) in [5.41, 5.74) is -0.620. The lowest BCUT2D eigenvalue weighted by Gasteiger charge is -2.22. The molecule has 0 aromatic carbocycles. The van der Waals surface area contributed by atoms with Gasteiger partial charge in [-0.1, -0.05) is 6.07 Å². The molecule has 0 aliphatic heterocycles. The fourth-order valence-corrected chi connectivity index (χ4v) is 3.13. The van der Waals surface area contributed by atoms with E-state index in [1.165, 1.54) is 13.0 Å². The molecular formula is C16H15F3N2OS. The number of nitrogens with zero attached hydrogens (tertiary/aromatic N) is 2. The number of alkyl halides is 3. The Morgan fingerprint density at radius 1 is 1.35 bits per heavy atom. The van der Waals surface area contributed by atoms with Gasteiger partial charge in [-0.05, 0) is 43.3 Å². The number of amides is 1. The van der Waals surface area contributed by atoms with Crippen molar-refractivity contribution in [3.05, 3.63) is 51.5 Å². The fourth-order valence-electron chi connectivity index (χ4n) is 2.42. The number of carbonyl (C=O) groups is 1. The highest BCUT2D eigenvalue weighted by atomic mass is 32.1. The van der Waals surface area contributed by atoms with Crippen molar-refractivity contribution in [1.29, 1.82) is 0 Å². The van der Waals surface area contributed by atoms with Crippen molar-refractivity contribution in [2.75, 3.05) is 0 Å². The van der Waals surface area contributed by atoms with Crippen LogP contribution < -0.4 is 0 Å². The van der Waals surface area contributed by atoms with E-state index in [2.05, 4.69) is 4.98 Å². The first-order valence-electron chi connectivity index (χ1n) is 7.24. The van der Waals surface area contributed by atoms with Crippen LogP contribution in [0.15, 0.2) is 29.6 Å². The lowest BCUT2D eigenvalue weighted by Crippen LogP contribution is -2.33. The maximum Gasteiger partial charge on any atom is 0.433 e. The molecule has 7 heteroatoms. The Bertz CT molecular complexity index is 709. The lowest BCUT2D eigenvalue weighted by molar-refractivity contribution is -0.141. The minimum atomic E-state index is -4.50. The monoisotopic (exact) mass is 340 g/mol. The normalized spacial score (nSPS) is 14.8. The molecule has 1 amide bonds. The molecule has 23 heavy (non-hydrogen) atoms. The highest BCUT2D eigenvalue weighted by Gasteiger charge is 2.36. The second-order valence-electron chi connectivity index (χ2n) is 5.57. The number of aromatic nitrogens is 1. The van der Waals surface area contributed by atoms with E-state index >= 15 is 0 Å². The van der Waals surface area contributed by atoms with E-state index in [9.17, 15) is 18.0 Å². The Morgan fingerprint density at radius 3 is 2.61 bits per heavy atom. The maximum absolute atomic E-state index is 12.7. The van der Waals surface area contributed by atoms with Crippen molar-refractivity contribution in [3.63, 3.8) is 0 Å². The molecule has 0 bridgehead atoms. The summed E-state index contributed by atoms with van der Waals surface area (Å²) in [7, 11) is 0. The third kappa shape index (κ3) is 3.55. The van der Waals surface area contributed by atoms with Crippen molar-refractivity contribution in [2.45, 2.75) is 38.5 Å². The van der Waals surface area contributed by atoms with Gasteiger partial charge in [-0.15, -0.1) is 11.3 Å². The van der Waals surface area contributed by atoms with Crippen LogP contribution in [0.4, 0.5) is 13.2 Å². The Labute approximate surface area is 135 Å². The number of rotatable bonds is 4. The van der Waals surface area contributed by atoms with Gasteiger partial charge in [-0.3, -0.25) is 4.79 Å². The smallest absolute Gasteiger partial charge is 0.330 e. The molecule has 1 aliphatic rings. The Hall–Kier alpha value is -1.89. The number of carbonyl (C=O) groups excluding carboxylic acids is 1. The molecular weight excluding hydrogens is 325 g/mol. The predicted octanol–water partition coefficient (Wildman–Crippen LogP) is 4.28. The first kappa shape index (κ1) is 16.0. The van der Waals surface area contributed by atoms with Crippen LogP contribution in [0.3, 0.4) is 0 Å². The third-order valence-electron chi connectivity index (χ3n) is 3.76. The Kier molecular flexibility index (Phi) is 4.14. The highest BCUT2D eigenvalue weighted by molar-refractivity contribution is 7.09. The number of aryl methyl sites for hydroxylation is 1. The largest absolute Gasteiger partial charge is 0.433 e. The molecule has 0 spiro atoms. The van der Waals surface area contributed by atoms with Gasteiger partial charge in [0.2, 0.25) is 0 Å². The van der Waals surface area contributed by atoms with Gasteiger partial charge in [0.15, 0.2) is 0 Å². The summed E-state index contributed by atoms with van der Waals surface area (Å²) in [6.07, 6.45) is -2.63. The van der Waals surface area contributed by atoms with Crippen LogP contribution in [-0.4, -0.2) is 21.8 Å². The van der Waals surface area contributed by atoms with Crippen LogP contribution in [0, 0.1) is 6.92 Å². The second-order valence-corrected chi connectivity index (χ2v) is 6.60. The maximum atomic E-state index is 12.7. The average Bonchev–Trinajstić information content (AvgIpc) is 3.19. The van der Waals surface area contributed by atoms with Crippen LogP contribution in [0.2, 0.25) is 0 Å². The minimum absolute atomic E-state index is 0.113. The van der Waals surface area contributed by atoms with Gasteiger partial charge in [0.25, 0.3) is 5.91 Å². The number of halogens is 3. The van der Waals surface area contributed by atoms with Crippen molar-refractivity contribution in [1.82, 2.24) is 9.88 Å². The van der Waals surface area contributed by atoms with Gasteiger partial charge in [0.05, 0.1) is 17.8 Å². The molecule has 2 aromatic heterocycles. The van der Waals surface area contributed by atoms with Crippen molar-refractivity contribution in [3.8, 4) is 0 Å². The van der Waals surface area contributed by atoms with E-state index in [1.807, 2.05) is 17.5 Å². The number of hydrogen-bond donors (Lipinski definition) is 0. The molecule has 2 heterocycles. The van der Waals surface area contributed by atoms with Crippen LogP contribution in [0.25, 0.3) is 0 Å². The summed E-state index contributed by atoms with van der Waals surface area (Å²) in [5, 5.41) is 1.94. The zero-order valence-electron chi connectivity index (χ0n) is 12.4. The Balaban J connectivity index is 1.85. The summed E-state index contributed by atoms with van der Waals surface area (Å²) in [5.74, 6) is -0.250. The number of hydrogen-bond acceptors (Lipinski definition) is 3. The van der Waals surface area contributed by atoms with Gasteiger partial charge in [0, 0.05) is 10.9 Å². The first-order chi connectivity index (χ1) is 10.9. The molecule has 0 unspecified atom stereocenters. The number of pyridine rings is 1. The zero-order chi connectivity index (χ0) is 16.6. The van der Waals surface area contributed by atoms with E-state index in [-0.39, 0.29) is 23.2 Å². The molecule has 3 nitrogen and oxygen atoms in total. The summed E-state index contributed by atoms with van der Waals surface area (Å²) in [4.78, 5) is 19.1. The van der Waals surface area contributed by atoms with Crippen molar-refractivity contribution < 1.29 is 18.0 Å². The topological polar surface area (TPSA) is 33.2 Å². The van der Waals surface area contributed by atoms with Crippen LogP contribution in [0.5, 0.6) is 0 Å². The van der Waals surface area contributed by atoms with E-state index < -0.39 is 11.9 Å². The predicted molar refractivity (Wildman–Crippen MR) is 81.2 cm³/mol. The summed E-state index contributed by atoms with van der Waals surface area (Å²) in [6.45, 7) is 1.93. The molecule has 0 radical (unpaired) electrons. The molecule has 0 N–H and O–H groups in total. The second kappa shape index (κ2) is 5.96. The fraction of sp³-hybridized carbons (Fsp3) is 0.375. The summed E-state index contributed by atoms with van der Waals surface area (Å²) >= 11 is 1.56. The number of thiophene rings is 1. The Morgan fingerprint density at radius 2 is 2.09 bits per heavy atom. The van der Waals surface area contributed by atoms with Crippen molar-refractivity contribution in [2.24, 2.45) is 0 Å². The van der Waals surface area contributed by atoms with E-state index in [1.54, 1.807) is 16.2 Å². The zero-order valence-corrected chi connectivity index (χ0v) is 13.2. The molecule has 1 fully saturated rings. The average molecular weight is 340 g/mol. The standard InChI is InChI=1S/C16H15F3N2OS/c1-10-13(6-7-14(20-10)16(17,18)19)15(22)21(11-4-5-11)9-12-3-2-8-23-12/h2-3,6-8,11H,4-5,9H2,1H3. The first-order valence-corrected chi connectivity index (χ1v) is 8.12. The van der Waals surface area contributed by atoms with Crippen LogP contribution >= 0.6 is 11.3 Å². The molecule has 0 atom stereocenters. The highest BCUT2D eigenvalue weighted by Crippen LogP contribution is 2.32. The minimum Gasteiger partial charge on any atom is -0.330 e. The van der Waals surface area contributed by atoms with E-state index in [4.69, 9.17) is 0 Å². The summed E-state index contributed by atoms with van der Waals surface area (Å²) in [6, 6.07) is 6.14. The van der Waals surface area contributed by atoms with Gasteiger partial charge in [-0.25, -0.2) is 4.98 Å². The van der Waals surface area contributed by atoms with E-state index in [0.717, 1.165) is 23.8 Å². The molecule has 122 valence electrons. The van der Waals surface area contributed by atoms with Gasteiger partial charge < -0.3 is 4.90 Å². The van der Waals surface area contributed by atoms with Crippen LogP contribution in [-0.2, 0) is 12.7 Å². The van der Waals surface area contributed by atoms with Gasteiger partial charge >= 0.3 is 6.18 Å². The molecule has 2 aromatic rings. The van der Waals surface area contributed by atoms with Crippen LogP contribution in [0.1, 0.15) is 39.5 Å². The van der Waals surface area contributed by atoms with Crippen molar-refractivity contribution >= 4 is 17.2 Å². The van der Waals surface area contributed by atoms with E-state index in [0.29, 0.717) is 6.54 Å². The summed E-state index contributed by atoms with van der Waals surface area (Å²) < 4.78 is 38.1. The third-order valence-corrected chi connectivity index (χ3v) is 4.62. The lowest BCUT2D eigenvalue weighted by atomic mass is 10.1. The quantitative estimate of drug-likeness (QED) is 0.832. The van der Waals surface area contributed by atoms with Gasteiger partial charge in [0.1, 0.15) is 5.69 Å². The molecule has 3 rings (SSSR count).